The summed E-state index contributed by atoms with van der Waals surface area (Å²) in [5.41, 5.74) is 1.51. The van der Waals surface area contributed by atoms with Gasteiger partial charge in [0.05, 0.1) is 26.9 Å². The van der Waals surface area contributed by atoms with Crippen molar-refractivity contribution in [2.75, 3.05) is 26.1 Å². The molecule has 5 heteroatoms. The van der Waals surface area contributed by atoms with Gasteiger partial charge in [-0.1, -0.05) is 0 Å². The van der Waals surface area contributed by atoms with E-state index in [1.165, 1.54) is 12.1 Å². The second kappa shape index (κ2) is 6.95. The van der Waals surface area contributed by atoms with Crippen LogP contribution in [0.1, 0.15) is 11.6 Å². The number of anilines is 1. The van der Waals surface area contributed by atoms with Crippen molar-refractivity contribution in [3.8, 4) is 11.5 Å². The third-order valence-electron chi connectivity index (χ3n) is 3.18. The molecule has 1 atom stereocenters. The number of aliphatic hydroxyl groups excluding tert-OH is 1. The summed E-state index contributed by atoms with van der Waals surface area (Å²) in [5.74, 6) is 0.986. The van der Waals surface area contributed by atoms with Gasteiger partial charge in [0.15, 0.2) is 0 Å². The number of benzene rings is 2. The van der Waals surface area contributed by atoms with Crippen LogP contribution in [0.2, 0.25) is 0 Å². The molecule has 0 aromatic heterocycles. The summed E-state index contributed by atoms with van der Waals surface area (Å²) in [6, 6.07) is 11.0. The van der Waals surface area contributed by atoms with Gasteiger partial charge in [-0.2, -0.15) is 0 Å². The molecule has 21 heavy (non-hydrogen) atoms. The molecule has 2 aromatic rings. The Bertz CT molecular complexity index is 587. The summed E-state index contributed by atoms with van der Waals surface area (Å²) in [5, 5.41) is 12.8. The maximum absolute atomic E-state index is 12.9. The number of hydrogen-bond donors (Lipinski definition) is 2. The quantitative estimate of drug-likeness (QED) is 0.859. The van der Waals surface area contributed by atoms with Gasteiger partial charge in [0.2, 0.25) is 0 Å². The molecule has 0 saturated carbocycles. The minimum atomic E-state index is -0.365. The van der Waals surface area contributed by atoms with E-state index in [1.807, 2.05) is 6.07 Å². The summed E-state index contributed by atoms with van der Waals surface area (Å²) in [7, 11) is 3.14. The van der Waals surface area contributed by atoms with E-state index in [0.717, 1.165) is 5.56 Å². The van der Waals surface area contributed by atoms with Gasteiger partial charge in [-0.25, -0.2) is 4.39 Å². The van der Waals surface area contributed by atoms with Crippen LogP contribution in [0.25, 0.3) is 0 Å². The van der Waals surface area contributed by atoms with Gasteiger partial charge in [0.25, 0.3) is 0 Å². The fourth-order valence-electron chi connectivity index (χ4n) is 2.08. The van der Waals surface area contributed by atoms with Gasteiger partial charge in [-0.15, -0.1) is 0 Å². The normalized spacial score (nSPS) is 11.8. The van der Waals surface area contributed by atoms with Crippen molar-refractivity contribution in [2.45, 2.75) is 6.04 Å². The van der Waals surface area contributed by atoms with Gasteiger partial charge < -0.3 is 19.9 Å². The summed E-state index contributed by atoms with van der Waals surface area (Å²) in [4.78, 5) is 0. The molecule has 0 spiro atoms. The molecule has 0 bridgehead atoms. The monoisotopic (exact) mass is 291 g/mol. The average Bonchev–Trinajstić information content (AvgIpc) is 2.53. The van der Waals surface area contributed by atoms with E-state index in [2.05, 4.69) is 5.32 Å². The molecule has 2 N–H and O–H groups in total. The van der Waals surface area contributed by atoms with Crippen LogP contribution in [0.4, 0.5) is 10.1 Å². The Morgan fingerprint density at radius 1 is 1.10 bits per heavy atom. The van der Waals surface area contributed by atoms with Crippen LogP contribution < -0.4 is 14.8 Å². The van der Waals surface area contributed by atoms with Gasteiger partial charge in [0.1, 0.15) is 17.3 Å². The minimum absolute atomic E-state index is 0.125. The molecule has 112 valence electrons. The van der Waals surface area contributed by atoms with E-state index >= 15 is 0 Å². The Morgan fingerprint density at radius 2 is 1.81 bits per heavy atom. The van der Waals surface area contributed by atoms with Crippen LogP contribution in [0.3, 0.4) is 0 Å². The molecule has 0 aliphatic carbocycles. The number of rotatable bonds is 6. The van der Waals surface area contributed by atoms with Crippen LogP contribution in [0.5, 0.6) is 11.5 Å². The SMILES string of the molecule is COc1ccc(C(CO)Nc2ccc(F)cc2)c(OC)c1. The standard InChI is InChI=1S/C16H18FNO3/c1-20-13-7-8-14(16(9-13)21-2)15(10-19)18-12-5-3-11(17)4-6-12/h3-9,15,18-19H,10H2,1-2H3. The lowest BCUT2D eigenvalue weighted by molar-refractivity contribution is 0.273. The topological polar surface area (TPSA) is 50.7 Å². The van der Waals surface area contributed by atoms with Crippen LogP contribution in [-0.2, 0) is 0 Å². The third-order valence-corrected chi connectivity index (χ3v) is 3.18. The van der Waals surface area contributed by atoms with Gasteiger partial charge in [-0.3, -0.25) is 0 Å². The predicted molar refractivity (Wildman–Crippen MR) is 79.4 cm³/mol. The molecule has 0 aliphatic rings. The van der Waals surface area contributed by atoms with E-state index in [-0.39, 0.29) is 18.5 Å². The zero-order chi connectivity index (χ0) is 15.2. The highest BCUT2D eigenvalue weighted by Crippen LogP contribution is 2.31. The van der Waals surface area contributed by atoms with Crippen molar-refractivity contribution >= 4 is 5.69 Å². The predicted octanol–water partition coefficient (Wildman–Crippen LogP) is 2.99. The van der Waals surface area contributed by atoms with Crippen LogP contribution >= 0.6 is 0 Å². The van der Waals surface area contributed by atoms with Gasteiger partial charge in [0, 0.05) is 17.3 Å². The molecule has 0 amide bonds. The maximum Gasteiger partial charge on any atom is 0.127 e. The van der Waals surface area contributed by atoms with Crippen molar-refractivity contribution in [2.24, 2.45) is 0 Å². The van der Waals surface area contributed by atoms with Crippen LogP contribution in [0.15, 0.2) is 42.5 Å². The highest BCUT2D eigenvalue weighted by molar-refractivity contribution is 5.49. The molecular formula is C16H18FNO3. The molecular weight excluding hydrogens is 273 g/mol. The molecule has 0 aliphatic heterocycles. The molecule has 4 nitrogen and oxygen atoms in total. The highest BCUT2D eigenvalue weighted by Gasteiger charge is 2.16. The number of ether oxygens (including phenoxy) is 2. The van der Waals surface area contributed by atoms with Crippen molar-refractivity contribution in [3.05, 3.63) is 53.8 Å². The van der Waals surface area contributed by atoms with Crippen molar-refractivity contribution < 1.29 is 19.0 Å². The summed E-state index contributed by atoms with van der Waals surface area (Å²) >= 11 is 0. The summed E-state index contributed by atoms with van der Waals surface area (Å²) in [6.45, 7) is -0.125. The molecule has 0 fully saturated rings. The van der Waals surface area contributed by atoms with E-state index in [0.29, 0.717) is 17.2 Å². The van der Waals surface area contributed by atoms with Crippen molar-refractivity contribution in [1.82, 2.24) is 0 Å². The van der Waals surface area contributed by atoms with E-state index in [9.17, 15) is 9.50 Å². The Labute approximate surface area is 123 Å². The Kier molecular flexibility index (Phi) is 5.00. The Morgan fingerprint density at radius 3 is 2.38 bits per heavy atom. The van der Waals surface area contributed by atoms with Gasteiger partial charge >= 0.3 is 0 Å². The minimum Gasteiger partial charge on any atom is -0.497 e. The molecule has 0 heterocycles. The average molecular weight is 291 g/mol. The largest absolute Gasteiger partial charge is 0.497 e. The van der Waals surface area contributed by atoms with Crippen molar-refractivity contribution in [1.29, 1.82) is 0 Å². The smallest absolute Gasteiger partial charge is 0.127 e. The first-order valence-corrected chi connectivity index (χ1v) is 6.52. The number of aliphatic hydroxyl groups is 1. The summed E-state index contributed by atoms with van der Waals surface area (Å²) in [6.07, 6.45) is 0. The number of halogens is 1. The maximum atomic E-state index is 12.9. The first-order chi connectivity index (χ1) is 10.2. The second-order valence-electron chi connectivity index (χ2n) is 4.49. The molecule has 0 saturated heterocycles. The highest BCUT2D eigenvalue weighted by atomic mass is 19.1. The molecule has 2 aromatic carbocycles. The fourth-order valence-corrected chi connectivity index (χ4v) is 2.08. The Hall–Kier alpha value is -2.27. The lowest BCUT2D eigenvalue weighted by atomic mass is 10.1. The van der Waals surface area contributed by atoms with E-state index in [4.69, 9.17) is 9.47 Å². The zero-order valence-electron chi connectivity index (χ0n) is 12.0. The zero-order valence-corrected chi connectivity index (χ0v) is 12.0. The lowest BCUT2D eigenvalue weighted by Gasteiger charge is -2.21. The molecule has 0 radical (unpaired) electrons. The first kappa shape index (κ1) is 15.1. The fraction of sp³-hybridized carbons (Fsp3) is 0.250. The number of methoxy groups -OCH3 is 2. The van der Waals surface area contributed by atoms with Crippen LogP contribution in [-0.4, -0.2) is 25.9 Å². The second-order valence-corrected chi connectivity index (χ2v) is 4.49. The van der Waals surface area contributed by atoms with Crippen molar-refractivity contribution in [3.63, 3.8) is 0 Å². The first-order valence-electron chi connectivity index (χ1n) is 6.52. The lowest BCUT2D eigenvalue weighted by Crippen LogP contribution is -2.15. The number of nitrogens with one attached hydrogen (secondary N) is 1. The van der Waals surface area contributed by atoms with E-state index in [1.54, 1.807) is 38.5 Å². The molecule has 2 rings (SSSR count). The molecule has 1 unspecified atom stereocenters. The van der Waals surface area contributed by atoms with Crippen LogP contribution in [0, 0.1) is 5.82 Å². The third kappa shape index (κ3) is 3.64. The van der Waals surface area contributed by atoms with Gasteiger partial charge in [-0.05, 0) is 36.4 Å². The Balaban J connectivity index is 2.26. The van der Waals surface area contributed by atoms with E-state index < -0.39 is 0 Å². The summed E-state index contributed by atoms with van der Waals surface area (Å²) < 4.78 is 23.4. The number of hydrogen-bond acceptors (Lipinski definition) is 4.